The van der Waals surface area contributed by atoms with Crippen LogP contribution < -0.4 is 0 Å². The van der Waals surface area contributed by atoms with Crippen LogP contribution in [0.3, 0.4) is 0 Å². The Kier molecular flexibility index (Phi) is 7.39. The minimum atomic E-state index is -3.94. The molecule has 0 saturated heterocycles. The molecule has 0 bridgehead atoms. The number of nitrogens with zero attached hydrogens (tertiary/aromatic N) is 1. The van der Waals surface area contributed by atoms with Gasteiger partial charge in [0.05, 0.1) is 17.5 Å². The Hall–Kier alpha value is -2.71. The number of carbonyl (C=O) groups excluding carboxylic acids is 2. The Labute approximate surface area is 177 Å². The van der Waals surface area contributed by atoms with Crippen LogP contribution in [0.5, 0.6) is 0 Å². The van der Waals surface area contributed by atoms with Crippen molar-refractivity contribution in [3.05, 3.63) is 65.0 Å². The first-order valence-electron chi connectivity index (χ1n) is 9.66. The molecule has 0 saturated carbocycles. The molecule has 0 fully saturated rings. The molecule has 1 heterocycles. The van der Waals surface area contributed by atoms with Gasteiger partial charge in [-0.1, -0.05) is 23.8 Å². The third-order valence-electron chi connectivity index (χ3n) is 4.91. The molecule has 0 aliphatic heterocycles. The van der Waals surface area contributed by atoms with Gasteiger partial charge >= 0.3 is 5.97 Å². The summed E-state index contributed by atoms with van der Waals surface area (Å²) in [5.74, 6) is -0.964. The summed E-state index contributed by atoms with van der Waals surface area (Å²) in [5, 5.41) is 0. The smallest absolute Gasteiger partial charge is 0.355 e. The molecule has 0 radical (unpaired) electrons. The van der Waals surface area contributed by atoms with Crippen molar-refractivity contribution >= 4 is 21.8 Å². The zero-order valence-electron chi connectivity index (χ0n) is 18.0. The van der Waals surface area contributed by atoms with E-state index in [1.807, 2.05) is 6.92 Å². The van der Waals surface area contributed by atoms with Gasteiger partial charge < -0.3 is 9.72 Å². The standard InChI is InChI=1S/C22H28N2O5S/c1-7-13-24(30(27,28)18-11-9-14(3)10-12-18)17(6)21(25)19-15(4)20(23-16(19)5)22(26)29-8-2/h7,9-12,17,23H,1,8,13H2,2-6H3/t17-/m1/s1. The molecule has 0 amide bonds. The quantitative estimate of drug-likeness (QED) is 0.371. The Morgan fingerprint density at radius 1 is 1.20 bits per heavy atom. The van der Waals surface area contributed by atoms with Crippen LogP contribution in [-0.2, 0) is 14.8 Å². The highest BCUT2D eigenvalue weighted by atomic mass is 32.2. The van der Waals surface area contributed by atoms with Gasteiger partial charge in [-0.05, 0) is 52.3 Å². The van der Waals surface area contributed by atoms with Crippen molar-refractivity contribution in [2.75, 3.05) is 13.2 Å². The predicted octanol–water partition coefficient (Wildman–Crippen LogP) is 3.56. The number of aromatic nitrogens is 1. The van der Waals surface area contributed by atoms with Crippen LogP contribution in [0.4, 0.5) is 0 Å². The van der Waals surface area contributed by atoms with E-state index in [9.17, 15) is 18.0 Å². The SMILES string of the molecule is C=CCN([C@H](C)C(=O)c1c(C)[nH]c(C(=O)OCC)c1C)S(=O)(=O)c1ccc(C)cc1. The fourth-order valence-corrected chi connectivity index (χ4v) is 4.87. The van der Waals surface area contributed by atoms with Gasteiger partial charge in [0.1, 0.15) is 5.69 Å². The summed E-state index contributed by atoms with van der Waals surface area (Å²) < 4.78 is 32.6. The second-order valence-electron chi connectivity index (χ2n) is 7.06. The van der Waals surface area contributed by atoms with E-state index >= 15 is 0 Å². The molecule has 7 nitrogen and oxygen atoms in total. The summed E-state index contributed by atoms with van der Waals surface area (Å²) in [6.45, 7) is 12.2. The molecule has 1 atom stereocenters. The number of hydrogen-bond acceptors (Lipinski definition) is 5. The van der Waals surface area contributed by atoms with Gasteiger partial charge in [-0.2, -0.15) is 4.31 Å². The third-order valence-corrected chi connectivity index (χ3v) is 6.86. The maximum absolute atomic E-state index is 13.3. The van der Waals surface area contributed by atoms with Gasteiger partial charge in [0.2, 0.25) is 10.0 Å². The van der Waals surface area contributed by atoms with E-state index in [4.69, 9.17) is 4.74 Å². The van der Waals surface area contributed by atoms with E-state index in [1.54, 1.807) is 32.9 Å². The lowest BCUT2D eigenvalue weighted by molar-refractivity contribution is 0.0519. The lowest BCUT2D eigenvalue weighted by Crippen LogP contribution is -2.43. The third kappa shape index (κ3) is 4.55. The highest BCUT2D eigenvalue weighted by Gasteiger charge is 2.35. The van der Waals surface area contributed by atoms with Crippen molar-refractivity contribution in [1.82, 2.24) is 9.29 Å². The van der Waals surface area contributed by atoms with Crippen molar-refractivity contribution in [2.24, 2.45) is 0 Å². The van der Waals surface area contributed by atoms with E-state index in [0.717, 1.165) is 9.87 Å². The Bertz CT molecular complexity index is 1050. The molecule has 1 N–H and O–H groups in total. The monoisotopic (exact) mass is 432 g/mol. The van der Waals surface area contributed by atoms with Crippen molar-refractivity contribution < 1.29 is 22.7 Å². The summed E-state index contributed by atoms with van der Waals surface area (Å²) in [6.07, 6.45) is 1.44. The fourth-order valence-electron chi connectivity index (χ4n) is 3.30. The van der Waals surface area contributed by atoms with Crippen LogP contribution in [0.25, 0.3) is 0 Å². The molecule has 0 unspecified atom stereocenters. The number of esters is 1. The van der Waals surface area contributed by atoms with Crippen LogP contribution >= 0.6 is 0 Å². The maximum Gasteiger partial charge on any atom is 0.355 e. The molecular weight excluding hydrogens is 404 g/mol. The summed E-state index contributed by atoms with van der Waals surface area (Å²) in [5.41, 5.74) is 2.34. The molecule has 2 rings (SSSR count). The summed E-state index contributed by atoms with van der Waals surface area (Å²) in [7, 11) is -3.94. The van der Waals surface area contributed by atoms with Crippen LogP contribution in [0.1, 0.15) is 51.5 Å². The van der Waals surface area contributed by atoms with E-state index in [2.05, 4.69) is 11.6 Å². The van der Waals surface area contributed by atoms with E-state index in [1.165, 1.54) is 25.1 Å². The maximum atomic E-state index is 13.3. The number of hydrogen-bond donors (Lipinski definition) is 1. The molecule has 0 aliphatic rings. The number of rotatable bonds is 9. The number of carbonyl (C=O) groups is 2. The van der Waals surface area contributed by atoms with Gasteiger partial charge in [0.25, 0.3) is 0 Å². The van der Waals surface area contributed by atoms with Gasteiger partial charge in [-0.15, -0.1) is 6.58 Å². The Morgan fingerprint density at radius 2 is 1.80 bits per heavy atom. The summed E-state index contributed by atoms with van der Waals surface area (Å²) in [6, 6.07) is 5.44. The predicted molar refractivity (Wildman–Crippen MR) is 115 cm³/mol. The Morgan fingerprint density at radius 3 is 2.33 bits per heavy atom. The van der Waals surface area contributed by atoms with Crippen molar-refractivity contribution in [3.63, 3.8) is 0 Å². The van der Waals surface area contributed by atoms with E-state index < -0.39 is 27.8 Å². The molecule has 0 aliphatic carbocycles. The number of H-pyrrole nitrogens is 1. The number of aromatic amines is 1. The average Bonchev–Trinajstić information content (AvgIpc) is 2.99. The normalized spacial score (nSPS) is 12.6. The molecule has 0 spiro atoms. The van der Waals surface area contributed by atoms with Crippen molar-refractivity contribution in [3.8, 4) is 0 Å². The molecular formula is C22H28N2O5S. The average molecular weight is 433 g/mol. The molecule has 1 aromatic heterocycles. The van der Waals surface area contributed by atoms with E-state index in [-0.39, 0.29) is 23.7 Å². The zero-order valence-corrected chi connectivity index (χ0v) is 18.8. The number of ketones is 1. The molecule has 30 heavy (non-hydrogen) atoms. The van der Waals surface area contributed by atoms with Gasteiger partial charge in [-0.25, -0.2) is 13.2 Å². The lowest BCUT2D eigenvalue weighted by Gasteiger charge is -2.26. The van der Waals surface area contributed by atoms with Crippen LogP contribution in [0.15, 0.2) is 41.8 Å². The molecule has 162 valence electrons. The summed E-state index contributed by atoms with van der Waals surface area (Å²) in [4.78, 5) is 28.5. The molecule has 8 heteroatoms. The van der Waals surface area contributed by atoms with Gasteiger partial charge in [-0.3, -0.25) is 4.79 Å². The van der Waals surface area contributed by atoms with Crippen LogP contribution in [-0.4, -0.2) is 48.7 Å². The lowest BCUT2D eigenvalue weighted by atomic mass is 10.0. The number of sulfonamides is 1. The number of Topliss-reactive ketones (excluding diaryl/α,β-unsaturated/α-hetero) is 1. The minimum Gasteiger partial charge on any atom is -0.461 e. The van der Waals surface area contributed by atoms with Crippen molar-refractivity contribution in [1.29, 1.82) is 0 Å². The molecule has 2 aromatic rings. The van der Waals surface area contributed by atoms with Crippen LogP contribution in [0, 0.1) is 20.8 Å². The zero-order chi connectivity index (χ0) is 22.6. The summed E-state index contributed by atoms with van der Waals surface area (Å²) >= 11 is 0. The first-order chi connectivity index (χ1) is 14.1. The second-order valence-corrected chi connectivity index (χ2v) is 8.95. The number of aryl methyl sites for hydroxylation is 2. The van der Waals surface area contributed by atoms with Gasteiger partial charge in [0, 0.05) is 17.8 Å². The first kappa shape index (κ1) is 23.6. The van der Waals surface area contributed by atoms with E-state index in [0.29, 0.717) is 16.8 Å². The largest absolute Gasteiger partial charge is 0.461 e. The number of ether oxygens (including phenoxy) is 1. The minimum absolute atomic E-state index is 0.0314. The highest BCUT2D eigenvalue weighted by Crippen LogP contribution is 2.25. The second kappa shape index (κ2) is 9.40. The Balaban J connectivity index is 2.46. The highest BCUT2D eigenvalue weighted by molar-refractivity contribution is 7.89. The first-order valence-corrected chi connectivity index (χ1v) is 11.1. The van der Waals surface area contributed by atoms with Gasteiger partial charge in [0.15, 0.2) is 5.78 Å². The number of nitrogens with one attached hydrogen (secondary N) is 1. The molecule has 1 aromatic carbocycles. The topological polar surface area (TPSA) is 96.5 Å². The van der Waals surface area contributed by atoms with Crippen molar-refractivity contribution in [2.45, 2.75) is 45.6 Å². The van der Waals surface area contributed by atoms with Crippen LogP contribution in [0.2, 0.25) is 0 Å². The fraction of sp³-hybridized carbons (Fsp3) is 0.364. The number of benzene rings is 1.